The summed E-state index contributed by atoms with van der Waals surface area (Å²) in [5.41, 5.74) is 4.58. The van der Waals surface area contributed by atoms with Gasteiger partial charge in [0, 0.05) is 30.7 Å². The van der Waals surface area contributed by atoms with Crippen LogP contribution < -0.4 is 10.6 Å². The third-order valence-corrected chi connectivity index (χ3v) is 6.24. The Morgan fingerprint density at radius 2 is 2.16 bits per heavy atom. The number of aliphatic imine (C=N–C) groups is 1. The minimum absolute atomic E-state index is 0.292. The zero-order chi connectivity index (χ0) is 26.8. The molecule has 0 spiro atoms. The molecule has 196 valence electrons. The van der Waals surface area contributed by atoms with Gasteiger partial charge in [0.15, 0.2) is 0 Å². The van der Waals surface area contributed by atoms with E-state index in [9.17, 15) is 9.59 Å². The molecule has 1 aromatic heterocycles. The van der Waals surface area contributed by atoms with Crippen LogP contribution in [-0.4, -0.2) is 46.8 Å². The number of ether oxygens (including phenoxy) is 1. The maximum absolute atomic E-state index is 12.2. The number of nitrogens with zero attached hydrogens (tertiary/aromatic N) is 4. The van der Waals surface area contributed by atoms with Gasteiger partial charge in [0.25, 0.3) is 0 Å². The maximum atomic E-state index is 12.2. The van der Waals surface area contributed by atoms with Crippen molar-refractivity contribution < 1.29 is 14.3 Å². The number of amides is 2. The minimum atomic E-state index is -0.296. The SMILES string of the molecule is C=CC(=O)Nc1cccc(CN(C=O)/C=C(/N/C(=C/CC)C(=NC)OC)c2ncn(C3CCC3)c2C)c1. The van der Waals surface area contributed by atoms with Crippen molar-refractivity contribution in [3.05, 3.63) is 78.2 Å². The molecular weight excluding hydrogens is 468 g/mol. The third-order valence-electron chi connectivity index (χ3n) is 6.24. The molecule has 37 heavy (non-hydrogen) atoms. The molecule has 1 fully saturated rings. The Labute approximate surface area is 218 Å². The zero-order valence-electron chi connectivity index (χ0n) is 22.0. The Morgan fingerprint density at radius 3 is 2.76 bits per heavy atom. The van der Waals surface area contributed by atoms with Gasteiger partial charge in [-0.15, -0.1) is 0 Å². The molecule has 1 aliphatic rings. The Balaban J connectivity index is 1.98. The lowest BCUT2D eigenvalue weighted by Gasteiger charge is -2.28. The van der Waals surface area contributed by atoms with Crippen molar-refractivity contribution in [2.24, 2.45) is 4.99 Å². The molecule has 0 atom stereocenters. The van der Waals surface area contributed by atoms with Crippen LogP contribution >= 0.6 is 0 Å². The highest BCUT2D eigenvalue weighted by molar-refractivity contribution is 5.98. The van der Waals surface area contributed by atoms with Gasteiger partial charge < -0.3 is 24.8 Å². The molecule has 2 N–H and O–H groups in total. The fraction of sp³-hybridized carbons (Fsp3) is 0.357. The van der Waals surface area contributed by atoms with E-state index in [4.69, 9.17) is 9.72 Å². The number of carbonyl (C=O) groups is 2. The Hall–Kier alpha value is -4.14. The lowest BCUT2D eigenvalue weighted by atomic mass is 9.93. The van der Waals surface area contributed by atoms with Crippen molar-refractivity contribution in [3.8, 4) is 0 Å². The van der Waals surface area contributed by atoms with Crippen LogP contribution in [0.15, 0.2) is 66.2 Å². The number of carbonyl (C=O) groups excluding carboxylic acids is 2. The summed E-state index contributed by atoms with van der Waals surface area (Å²) in [6.07, 6.45) is 11.8. The Kier molecular flexibility index (Phi) is 9.83. The average molecular weight is 505 g/mol. The van der Waals surface area contributed by atoms with E-state index in [2.05, 4.69) is 26.8 Å². The van der Waals surface area contributed by atoms with Crippen molar-refractivity contribution in [2.45, 2.75) is 52.1 Å². The first-order valence-electron chi connectivity index (χ1n) is 12.4. The van der Waals surface area contributed by atoms with Crippen molar-refractivity contribution in [3.63, 3.8) is 0 Å². The lowest BCUT2D eigenvalue weighted by Crippen LogP contribution is -2.25. The molecule has 1 saturated carbocycles. The largest absolute Gasteiger partial charge is 0.480 e. The molecule has 9 nitrogen and oxygen atoms in total. The second-order valence-corrected chi connectivity index (χ2v) is 8.77. The number of imidazole rings is 1. The molecule has 1 aromatic carbocycles. The second-order valence-electron chi connectivity index (χ2n) is 8.77. The monoisotopic (exact) mass is 504 g/mol. The molecule has 1 heterocycles. The average Bonchev–Trinajstić information content (AvgIpc) is 3.23. The normalized spacial score (nSPS) is 14.5. The minimum Gasteiger partial charge on any atom is -0.480 e. The van der Waals surface area contributed by atoms with Crippen LogP contribution in [0, 0.1) is 6.92 Å². The summed E-state index contributed by atoms with van der Waals surface area (Å²) in [4.78, 5) is 34.4. The second kappa shape index (κ2) is 13.2. The molecule has 0 saturated heterocycles. The van der Waals surface area contributed by atoms with E-state index in [-0.39, 0.29) is 5.91 Å². The summed E-state index contributed by atoms with van der Waals surface area (Å²) in [5, 5.41) is 6.17. The van der Waals surface area contributed by atoms with E-state index < -0.39 is 0 Å². The summed E-state index contributed by atoms with van der Waals surface area (Å²) in [7, 11) is 3.24. The fourth-order valence-electron chi connectivity index (χ4n) is 4.17. The highest BCUT2D eigenvalue weighted by Crippen LogP contribution is 2.34. The van der Waals surface area contributed by atoms with E-state index in [0.717, 1.165) is 42.6 Å². The number of nitrogens with one attached hydrogen (secondary N) is 2. The smallest absolute Gasteiger partial charge is 0.247 e. The van der Waals surface area contributed by atoms with Gasteiger partial charge in [0.1, 0.15) is 5.69 Å². The molecule has 0 aliphatic heterocycles. The highest BCUT2D eigenvalue weighted by Gasteiger charge is 2.24. The van der Waals surface area contributed by atoms with Crippen LogP contribution in [0.3, 0.4) is 0 Å². The number of anilines is 1. The van der Waals surface area contributed by atoms with Crippen LogP contribution in [-0.2, 0) is 20.9 Å². The predicted octanol–water partition coefficient (Wildman–Crippen LogP) is 4.56. The number of aromatic nitrogens is 2. The van der Waals surface area contributed by atoms with Gasteiger partial charge in [-0.3, -0.25) is 14.6 Å². The fourth-order valence-corrected chi connectivity index (χ4v) is 4.17. The maximum Gasteiger partial charge on any atom is 0.247 e. The van der Waals surface area contributed by atoms with Crippen LogP contribution in [0.25, 0.3) is 5.70 Å². The number of hydrogen-bond acceptors (Lipinski definition) is 6. The van der Waals surface area contributed by atoms with Crippen LogP contribution in [0.2, 0.25) is 0 Å². The van der Waals surface area contributed by atoms with Crippen molar-refractivity contribution in [2.75, 3.05) is 19.5 Å². The van der Waals surface area contributed by atoms with Crippen LogP contribution in [0.5, 0.6) is 0 Å². The van der Waals surface area contributed by atoms with Gasteiger partial charge in [-0.2, -0.15) is 0 Å². The zero-order valence-corrected chi connectivity index (χ0v) is 22.0. The van der Waals surface area contributed by atoms with E-state index >= 15 is 0 Å². The van der Waals surface area contributed by atoms with Gasteiger partial charge in [0.05, 0.1) is 31.4 Å². The van der Waals surface area contributed by atoms with Gasteiger partial charge in [-0.05, 0) is 56.4 Å². The summed E-state index contributed by atoms with van der Waals surface area (Å²) in [6.45, 7) is 7.85. The van der Waals surface area contributed by atoms with E-state index in [0.29, 0.717) is 35.6 Å². The quantitative estimate of drug-likeness (QED) is 0.191. The Morgan fingerprint density at radius 1 is 1.38 bits per heavy atom. The number of methoxy groups -OCH3 is 1. The first kappa shape index (κ1) is 27.4. The molecule has 2 amide bonds. The molecule has 0 unspecified atom stereocenters. The molecule has 2 aromatic rings. The summed E-state index contributed by atoms with van der Waals surface area (Å²) >= 11 is 0. The van der Waals surface area contributed by atoms with E-state index in [1.165, 1.54) is 17.4 Å². The van der Waals surface area contributed by atoms with Gasteiger partial charge >= 0.3 is 0 Å². The molecule has 1 aliphatic carbocycles. The van der Waals surface area contributed by atoms with Crippen LogP contribution in [0.4, 0.5) is 5.69 Å². The molecule has 0 bridgehead atoms. The third kappa shape index (κ3) is 6.97. The van der Waals surface area contributed by atoms with E-state index in [1.807, 2.05) is 44.4 Å². The van der Waals surface area contributed by atoms with Gasteiger partial charge in [0.2, 0.25) is 18.2 Å². The number of rotatable bonds is 12. The number of allylic oxidation sites excluding steroid dienone is 1. The first-order valence-corrected chi connectivity index (χ1v) is 12.4. The summed E-state index contributed by atoms with van der Waals surface area (Å²) in [5.74, 6) is 0.155. The molecule has 0 radical (unpaired) electrons. The topological polar surface area (TPSA) is 101 Å². The Bertz CT molecular complexity index is 1210. The summed E-state index contributed by atoms with van der Waals surface area (Å²) < 4.78 is 7.68. The molecule has 9 heteroatoms. The predicted molar refractivity (Wildman–Crippen MR) is 147 cm³/mol. The number of benzene rings is 1. The summed E-state index contributed by atoms with van der Waals surface area (Å²) in [6, 6.07) is 7.79. The first-order chi connectivity index (χ1) is 17.9. The van der Waals surface area contributed by atoms with Gasteiger partial charge in [-0.1, -0.05) is 31.7 Å². The van der Waals surface area contributed by atoms with Crippen LogP contribution in [0.1, 0.15) is 55.6 Å². The standard InChI is InChI=1S/C28H36N6O3/c1-6-10-24(28(29-4)37-5)32-25(27-20(3)34(18-30-27)23-13-9-14-23)17-33(19-35)16-21-11-8-12-22(15-21)31-26(36)7-2/h7-8,10-12,15,17-19,23,32H,2,6,9,13-14,16H2,1,3-5H3,(H,31,36)/b24-10+,25-17+,29-28?. The van der Waals surface area contributed by atoms with Crippen molar-refractivity contribution >= 4 is 29.6 Å². The number of hydrogen-bond donors (Lipinski definition) is 2. The van der Waals surface area contributed by atoms with Crippen molar-refractivity contribution in [1.82, 2.24) is 19.8 Å². The van der Waals surface area contributed by atoms with Gasteiger partial charge in [-0.25, -0.2) is 4.98 Å². The van der Waals surface area contributed by atoms with E-state index in [1.54, 1.807) is 26.4 Å². The molecular formula is C28H36N6O3. The van der Waals surface area contributed by atoms with Crippen molar-refractivity contribution in [1.29, 1.82) is 0 Å². The highest BCUT2D eigenvalue weighted by atomic mass is 16.5. The lowest BCUT2D eigenvalue weighted by molar-refractivity contribution is -0.116. The molecule has 3 rings (SSSR count).